The van der Waals surface area contributed by atoms with Gasteiger partial charge in [0.15, 0.2) is 0 Å². The lowest BCUT2D eigenvalue weighted by molar-refractivity contribution is -0.00908. The van der Waals surface area contributed by atoms with Crippen molar-refractivity contribution in [1.82, 2.24) is 0 Å². The van der Waals surface area contributed by atoms with Crippen LogP contribution in [0.1, 0.15) is 46.7 Å². The van der Waals surface area contributed by atoms with E-state index in [1.54, 1.807) is 18.2 Å². The Bertz CT molecular complexity index is 457. The zero-order chi connectivity index (χ0) is 12.6. The molecule has 1 aliphatic rings. The highest BCUT2D eigenvalue weighted by molar-refractivity contribution is 5.94. The minimum absolute atomic E-state index is 0.107. The highest BCUT2D eigenvalue weighted by Crippen LogP contribution is 2.47. The zero-order valence-electron chi connectivity index (χ0n) is 9.67. The first-order valence-electron chi connectivity index (χ1n) is 5.70. The first-order chi connectivity index (χ1) is 7.92. The predicted molar refractivity (Wildman–Crippen MR) is 61.2 cm³/mol. The number of amides is 1. The van der Waals surface area contributed by atoms with Gasteiger partial charge in [0, 0.05) is 17.9 Å². The molecule has 1 amide bonds. The molecular weight excluding hydrogens is 224 g/mol. The largest absolute Gasteiger partial charge is 0.366 e. The third kappa shape index (κ3) is 2.16. The first-order valence-corrected chi connectivity index (χ1v) is 5.70. The Labute approximate surface area is 98.8 Å². The molecule has 0 aliphatic heterocycles. The van der Waals surface area contributed by atoms with Gasteiger partial charge in [-0.2, -0.15) is 0 Å². The molecule has 1 aliphatic carbocycles. The van der Waals surface area contributed by atoms with Crippen LogP contribution < -0.4 is 5.73 Å². The average molecular weight is 239 g/mol. The van der Waals surface area contributed by atoms with Crippen LogP contribution >= 0.6 is 0 Å². The summed E-state index contributed by atoms with van der Waals surface area (Å²) >= 11 is 0. The normalized spacial score (nSPS) is 22.6. The second-order valence-electron chi connectivity index (χ2n) is 4.66. The Kier molecular flexibility index (Phi) is 2.89. The molecule has 2 rings (SSSR count). The molecule has 92 valence electrons. The van der Waals surface area contributed by atoms with E-state index >= 15 is 0 Å². The van der Waals surface area contributed by atoms with Crippen molar-refractivity contribution >= 4 is 5.91 Å². The average Bonchev–Trinajstić information content (AvgIpc) is 2.58. The topological polar surface area (TPSA) is 43.1 Å². The molecule has 1 aromatic rings. The lowest BCUT2D eigenvalue weighted by atomic mass is 9.89. The number of halogens is 2. The second-order valence-corrected chi connectivity index (χ2v) is 4.66. The molecule has 0 radical (unpaired) electrons. The van der Waals surface area contributed by atoms with Gasteiger partial charge in [-0.1, -0.05) is 17.7 Å². The van der Waals surface area contributed by atoms with Crippen molar-refractivity contribution in [3.63, 3.8) is 0 Å². The van der Waals surface area contributed by atoms with Crippen molar-refractivity contribution in [2.24, 2.45) is 5.73 Å². The Balaban J connectivity index is 2.48. The predicted octanol–water partition coefficient (Wildman–Crippen LogP) is 3.00. The molecule has 0 aromatic heterocycles. The number of aryl methyl sites for hydroxylation is 1. The number of alkyl halides is 2. The van der Waals surface area contributed by atoms with Crippen LogP contribution in [0, 0.1) is 6.92 Å². The lowest BCUT2D eigenvalue weighted by Crippen LogP contribution is -2.23. The van der Waals surface area contributed by atoms with Gasteiger partial charge in [-0.3, -0.25) is 4.79 Å². The van der Waals surface area contributed by atoms with E-state index in [0.717, 1.165) is 5.56 Å². The Morgan fingerprint density at radius 1 is 1.47 bits per heavy atom. The maximum atomic E-state index is 13.7. The molecule has 17 heavy (non-hydrogen) atoms. The molecule has 0 bridgehead atoms. The smallest absolute Gasteiger partial charge is 0.254 e. The summed E-state index contributed by atoms with van der Waals surface area (Å²) in [6.07, 6.45) is 0.795. The molecule has 2 nitrogen and oxygen atoms in total. The van der Waals surface area contributed by atoms with Crippen LogP contribution in [0.3, 0.4) is 0 Å². The Hall–Kier alpha value is -1.45. The summed E-state index contributed by atoms with van der Waals surface area (Å²) in [5, 5.41) is 0. The van der Waals surface area contributed by atoms with E-state index in [4.69, 9.17) is 5.73 Å². The van der Waals surface area contributed by atoms with Gasteiger partial charge in [-0.15, -0.1) is 0 Å². The molecule has 0 heterocycles. The van der Waals surface area contributed by atoms with Gasteiger partial charge in [0.05, 0.1) is 0 Å². The number of hydrogen-bond acceptors (Lipinski definition) is 1. The minimum Gasteiger partial charge on any atom is -0.366 e. The van der Waals surface area contributed by atoms with Crippen LogP contribution in [0.25, 0.3) is 0 Å². The van der Waals surface area contributed by atoms with Crippen LogP contribution in [-0.4, -0.2) is 11.8 Å². The monoisotopic (exact) mass is 239 g/mol. The lowest BCUT2D eigenvalue weighted by Gasteiger charge is -2.21. The van der Waals surface area contributed by atoms with Crippen molar-refractivity contribution in [3.05, 3.63) is 34.9 Å². The molecular formula is C13H15F2NO. The summed E-state index contributed by atoms with van der Waals surface area (Å²) in [6.45, 7) is 1.81. The fourth-order valence-corrected chi connectivity index (χ4v) is 2.50. The van der Waals surface area contributed by atoms with Gasteiger partial charge in [-0.25, -0.2) is 8.78 Å². The Morgan fingerprint density at radius 2 is 2.18 bits per heavy atom. The van der Waals surface area contributed by atoms with E-state index < -0.39 is 17.7 Å². The van der Waals surface area contributed by atoms with E-state index in [-0.39, 0.29) is 12.0 Å². The van der Waals surface area contributed by atoms with Crippen molar-refractivity contribution in [3.8, 4) is 0 Å². The SMILES string of the molecule is Cc1ccc(C2CCCC2(F)F)c(C(N)=O)c1. The fraction of sp³-hybridized carbons (Fsp3) is 0.462. The van der Waals surface area contributed by atoms with Gasteiger partial charge in [0.1, 0.15) is 0 Å². The van der Waals surface area contributed by atoms with Gasteiger partial charge in [0.2, 0.25) is 5.91 Å². The van der Waals surface area contributed by atoms with Gasteiger partial charge in [-0.05, 0) is 31.4 Å². The van der Waals surface area contributed by atoms with E-state index in [9.17, 15) is 13.6 Å². The molecule has 0 saturated heterocycles. The van der Waals surface area contributed by atoms with Crippen LogP contribution in [-0.2, 0) is 0 Å². The van der Waals surface area contributed by atoms with Gasteiger partial charge in [0.25, 0.3) is 5.92 Å². The van der Waals surface area contributed by atoms with E-state index in [0.29, 0.717) is 18.4 Å². The molecule has 1 aromatic carbocycles. The number of hydrogen-bond donors (Lipinski definition) is 1. The third-order valence-corrected chi connectivity index (χ3v) is 3.36. The second kappa shape index (κ2) is 4.09. The molecule has 2 N–H and O–H groups in total. The first kappa shape index (κ1) is 12.0. The highest BCUT2D eigenvalue weighted by Gasteiger charge is 2.45. The van der Waals surface area contributed by atoms with Crippen molar-refractivity contribution in [1.29, 1.82) is 0 Å². The minimum atomic E-state index is -2.72. The standard InChI is InChI=1S/C13H15F2NO/c1-8-4-5-9(10(7-8)12(16)17)11-3-2-6-13(11,14)15/h4-5,7,11H,2-3,6H2,1H3,(H2,16,17). The van der Waals surface area contributed by atoms with Crippen LogP contribution in [0.5, 0.6) is 0 Å². The van der Waals surface area contributed by atoms with E-state index in [1.165, 1.54) is 0 Å². The van der Waals surface area contributed by atoms with E-state index in [1.807, 2.05) is 6.92 Å². The summed E-state index contributed by atoms with van der Waals surface area (Å²) in [6, 6.07) is 4.95. The summed E-state index contributed by atoms with van der Waals surface area (Å²) < 4.78 is 27.4. The van der Waals surface area contributed by atoms with Crippen molar-refractivity contribution < 1.29 is 13.6 Å². The van der Waals surface area contributed by atoms with Gasteiger partial charge >= 0.3 is 0 Å². The molecule has 1 unspecified atom stereocenters. The maximum absolute atomic E-state index is 13.7. The quantitative estimate of drug-likeness (QED) is 0.847. The van der Waals surface area contributed by atoms with E-state index in [2.05, 4.69) is 0 Å². The van der Waals surface area contributed by atoms with Crippen LogP contribution in [0.15, 0.2) is 18.2 Å². The fourth-order valence-electron chi connectivity index (χ4n) is 2.50. The van der Waals surface area contributed by atoms with Gasteiger partial charge < -0.3 is 5.73 Å². The van der Waals surface area contributed by atoms with Crippen LogP contribution in [0.4, 0.5) is 8.78 Å². The number of nitrogens with two attached hydrogens (primary N) is 1. The highest BCUT2D eigenvalue weighted by atomic mass is 19.3. The summed E-state index contributed by atoms with van der Waals surface area (Å²) in [7, 11) is 0. The third-order valence-electron chi connectivity index (χ3n) is 3.36. The Morgan fingerprint density at radius 3 is 2.71 bits per heavy atom. The molecule has 1 saturated carbocycles. The maximum Gasteiger partial charge on any atom is 0.254 e. The number of carbonyl (C=O) groups excluding carboxylic acids is 1. The molecule has 4 heteroatoms. The van der Waals surface area contributed by atoms with Crippen LogP contribution in [0.2, 0.25) is 0 Å². The van der Waals surface area contributed by atoms with Crippen molar-refractivity contribution in [2.45, 2.75) is 38.0 Å². The zero-order valence-corrected chi connectivity index (χ0v) is 9.67. The summed E-state index contributed by atoms with van der Waals surface area (Å²) in [5.74, 6) is -4.23. The molecule has 1 fully saturated rings. The number of primary amides is 1. The van der Waals surface area contributed by atoms with Crippen molar-refractivity contribution in [2.75, 3.05) is 0 Å². The number of carbonyl (C=O) groups is 1. The summed E-state index contributed by atoms with van der Waals surface area (Å²) in [5.41, 5.74) is 6.73. The molecule has 1 atom stereocenters. The number of benzene rings is 1. The molecule has 0 spiro atoms. The number of rotatable bonds is 2. The summed E-state index contributed by atoms with van der Waals surface area (Å²) in [4.78, 5) is 11.3.